The molecule has 1 N–H and O–H groups in total. The monoisotopic (exact) mass is 326 g/mol. The first-order valence-electron chi connectivity index (χ1n) is 8.14. The molecule has 0 aliphatic heterocycles. The molecule has 2 aromatic rings. The van der Waals surface area contributed by atoms with Crippen molar-refractivity contribution in [1.29, 1.82) is 0 Å². The van der Waals surface area contributed by atoms with Crippen LogP contribution in [0.3, 0.4) is 0 Å². The molecular formula is C21H26OS. The lowest BCUT2D eigenvalue weighted by atomic mass is 9.96. The lowest BCUT2D eigenvalue weighted by Gasteiger charge is -2.20. The minimum absolute atomic E-state index is 0.153. The number of aliphatic hydroxyl groups excluding tert-OH is 1. The van der Waals surface area contributed by atoms with E-state index in [4.69, 9.17) is 0 Å². The van der Waals surface area contributed by atoms with Crippen LogP contribution >= 0.6 is 11.8 Å². The molecule has 0 aliphatic rings. The summed E-state index contributed by atoms with van der Waals surface area (Å²) in [6, 6.07) is 18.6. The third-order valence-corrected chi connectivity index (χ3v) is 4.70. The van der Waals surface area contributed by atoms with Gasteiger partial charge < -0.3 is 5.11 Å². The number of rotatable bonds is 5. The maximum Gasteiger partial charge on any atom is 0.0793 e. The molecule has 2 heteroatoms. The molecule has 1 nitrogen and oxygen atoms in total. The maximum absolute atomic E-state index is 10.5. The average Bonchev–Trinajstić information content (AvgIpc) is 2.52. The van der Waals surface area contributed by atoms with Crippen molar-refractivity contribution >= 4 is 23.4 Å². The minimum atomic E-state index is -0.454. The van der Waals surface area contributed by atoms with Crippen LogP contribution in [0.25, 0.3) is 11.6 Å². The fourth-order valence-electron chi connectivity index (χ4n) is 2.41. The summed E-state index contributed by atoms with van der Waals surface area (Å²) in [5.41, 5.74) is 3.23. The Hall–Kier alpha value is -1.51. The van der Waals surface area contributed by atoms with Crippen LogP contribution in [-0.4, -0.2) is 16.0 Å². The van der Waals surface area contributed by atoms with Gasteiger partial charge in [-0.3, -0.25) is 0 Å². The van der Waals surface area contributed by atoms with E-state index in [1.165, 1.54) is 10.5 Å². The van der Waals surface area contributed by atoms with Gasteiger partial charge in [0.25, 0.3) is 0 Å². The van der Waals surface area contributed by atoms with Crippen LogP contribution in [0.5, 0.6) is 0 Å². The summed E-state index contributed by atoms with van der Waals surface area (Å²) in [5.74, 6) is 0. The molecule has 0 spiro atoms. The third-order valence-electron chi connectivity index (χ3n) is 3.50. The van der Waals surface area contributed by atoms with Crippen LogP contribution in [0.15, 0.2) is 59.5 Å². The largest absolute Gasteiger partial charge is 0.388 e. The van der Waals surface area contributed by atoms with Crippen molar-refractivity contribution in [2.45, 2.75) is 49.9 Å². The quantitative estimate of drug-likeness (QED) is 0.546. The van der Waals surface area contributed by atoms with E-state index in [1.807, 2.05) is 36.9 Å². The topological polar surface area (TPSA) is 20.2 Å². The fraction of sp³-hybridized carbons (Fsp3) is 0.333. The van der Waals surface area contributed by atoms with Crippen LogP contribution in [0, 0.1) is 0 Å². The molecule has 122 valence electrons. The molecule has 0 radical (unpaired) electrons. The van der Waals surface area contributed by atoms with E-state index in [1.54, 1.807) is 0 Å². The standard InChI is InChI=1S/C21H26OS/c1-5-19(22)18(16-11-7-6-8-12-16)15-17-13-9-10-14-20(17)23-21(2,3)4/h6-15,19,22H,5H2,1-4H3/b18-15+. The van der Waals surface area contributed by atoms with E-state index in [0.717, 1.165) is 11.1 Å². The second-order valence-corrected chi connectivity index (χ2v) is 8.51. The highest BCUT2D eigenvalue weighted by Gasteiger charge is 2.16. The van der Waals surface area contributed by atoms with Crippen molar-refractivity contribution in [2.24, 2.45) is 0 Å². The third kappa shape index (κ3) is 5.26. The van der Waals surface area contributed by atoms with Gasteiger partial charge in [-0.15, -0.1) is 11.8 Å². The van der Waals surface area contributed by atoms with Gasteiger partial charge in [-0.05, 0) is 35.3 Å². The summed E-state index contributed by atoms with van der Waals surface area (Å²) in [5, 5.41) is 10.5. The Morgan fingerprint density at radius 3 is 2.26 bits per heavy atom. The number of aliphatic hydroxyl groups is 1. The van der Waals surface area contributed by atoms with Crippen molar-refractivity contribution < 1.29 is 5.11 Å². The predicted molar refractivity (Wildman–Crippen MR) is 103 cm³/mol. The van der Waals surface area contributed by atoms with Crippen LogP contribution in [0.2, 0.25) is 0 Å². The summed E-state index contributed by atoms with van der Waals surface area (Å²) in [6.45, 7) is 8.67. The highest BCUT2D eigenvalue weighted by atomic mass is 32.2. The smallest absolute Gasteiger partial charge is 0.0793 e. The first-order chi connectivity index (χ1) is 10.9. The van der Waals surface area contributed by atoms with Crippen LogP contribution in [0.1, 0.15) is 45.2 Å². The molecule has 0 saturated heterocycles. The Morgan fingerprint density at radius 1 is 1.04 bits per heavy atom. The van der Waals surface area contributed by atoms with E-state index in [9.17, 15) is 5.11 Å². The van der Waals surface area contributed by atoms with Crippen molar-refractivity contribution in [3.63, 3.8) is 0 Å². The Kier molecular flexibility index (Phi) is 6.09. The number of hydrogen-bond acceptors (Lipinski definition) is 2. The molecule has 1 atom stereocenters. The number of thioether (sulfide) groups is 1. The molecule has 0 heterocycles. The fourth-order valence-corrected chi connectivity index (χ4v) is 3.46. The Balaban J connectivity index is 2.48. The Bertz CT molecular complexity index is 653. The molecule has 0 amide bonds. The molecule has 2 rings (SSSR count). The van der Waals surface area contributed by atoms with Gasteiger partial charge in [-0.25, -0.2) is 0 Å². The summed E-state index contributed by atoms with van der Waals surface area (Å²) >= 11 is 1.86. The zero-order valence-electron chi connectivity index (χ0n) is 14.4. The van der Waals surface area contributed by atoms with Gasteiger partial charge in [-0.2, -0.15) is 0 Å². The Labute approximate surface area is 144 Å². The summed E-state index contributed by atoms with van der Waals surface area (Å²) in [6.07, 6.45) is 2.39. The zero-order chi connectivity index (χ0) is 16.9. The second kappa shape index (κ2) is 7.85. The van der Waals surface area contributed by atoms with Gasteiger partial charge in [0, 0.05) is 9.64 Å². The minimum Gasteiger partial charge on any atom is -0.388 e. The van der Waals surface area contributed by atoms with Gasteiger partial charge in [0.05, 0.1) is 6.10 Å². The van der Waals surface area contributed by atoms with Crippen LogP contribution in [-0.2, 0) is 0 Å². The first-order valence-corrected chi connectivity index (χ1v) is 8.95. The lowest BCUT2D eigenvalue weighted by Crippen LogP contribution is -2.09. The summed E-state index contributed by atoms with van der Waals surface area (Å²) < 4.78 is 0.153. The van der Waals surface area contributed by atoms with Crippen LogP contribution < -0.4 is 0 Å². The van der Waals surface area contributed by atoms with Gasteiger partial charge in [0.2, 0.25) is 0 Å². The molecule has 1 unspecified atom stereocenters. The van der Waals surface area contributed by atoms with E-state index >= 15 is 0 Å². The summed E-state index contributed by atoms with van der Waals surface area (Å²) in [7, 11) is 0. The highest BCUT2D eigenvalue weighted by Crippen LogP contribution is 2.36. The molecule has 0 aliphatic carbocycles. The highest BCUT2D eigenvalue weighted by molar-refractivity contribution is 8.00. The van der Waals surface area contributed by atoms with Gasteiger partial charge in [-0.1, -0.05) is 76.2 Å². The van der Waals surface area contributed by atoms with E-state index in [0.29, 0.717) is 6.42 Å². The van der Waals surface area contributed by atoms with Crippen LogP contribution in [0.4, 0.5) is 0 Å². The van der Waals surface area contributed by atoms with E-state index < -0.39 is 6.10 Å². The molecular weight excluding hydrogens is 300 g/mol. The zero-order valence-corrected chi connectivity index (χ0v) is 15.2. The summed E-state index contributed by atoms with van der Waals surface area (Å²) in [4.78, 5) is 1.25. The van der Waals surface area contributed by atoms with E-state index in [-0.39, 0.29) is 4.75 Å². The molecule has 2 aromatic carbocycles. The van der Waals surface area contributed by atoms with Crippen molar-refractivity contribution in [2.75, 3.05) is 0 Å². The number of benzene rings is 2. The Morgan fingerprint density at radius 2 is 1.65 bits per heavy atom. The molecule has 0 aromatic heterocycles. The average molecular weight is 327 g/mol. The molecule has 0 bridgehead atoms. The SMILES string of the molecule is CCC(O)/C(=C/c1ccccc1SC(C)(C)C)c1ccccc1. The second-order valence-electron chi connectivity index (χ2n) is 6.64. The lowest BCUT2D eigenvalue weighted by molar-refractivity contribution is 0.229. The van der Waals surface area contributed by atoms with Gasteiger partial charge in [0.1, 0.15) is 0 Å². The van der Waals surface area contributed by atoms with Gasteiger partial charge in [0.15, 0.2) is 0 Å². The maximum atomic E-state index is 10.5. The van der Waals surface area contributed by atoms with E-state index in [2.05, 4.69) is 63.2 Å². The van der Waals surface area contributed by atoms with Crippen molar-refractivity contribution in [3.05, 3.63) is 65.7 Å². The predicted octanol–water partition coefficient (Wildman–Crippen LogP) is 5.89. The number of hydrogen-bond donors (Lipinski definition) is 1. The van der Waals surface area contributed by atoms with Crippen molar-refractivity contribution in [3.8, 4) is 0 Å². The normalized spacial score (nSPS) is 13.9. The van der Waals surface area contributed by atoms with Gasteiger partial charge >= 0.3 is 0 Å². The first kappa shape index (κ1) is 17.8. The van der Waals surface area contributed by atoms with Crippen molar-refractivity contribution in [1.82, 2.24) is 0 Å². The molecule has 0 saturated carbocycles. The molecule has 23 heavy (non-hydrogen) atoms. The molecule has 0 fully saturated rings.